The molecule has 1 heterocycles. The van der Waals surface area contributed by atoms with Crippen LogP contribution in [0.2, 0.25) is 5.02 Å². The monoisotopic (exact) mass is 339 g/mol. The van der Waals surface area contributed by atoms with Crippen molar-refractivity contribution in [1.29, 1.82) is 0 Å². The van der Waals surface area contributed by atoms with Crippen LogP contribution in [0.5, 0.6) is 0 Å². The molecule has 0 N–H and O–H groups in total. The number of likely N-dealkylation sites (tertiary alicyclic amines) is 1. The molecule has 2 atom stereocenters. The Morgan fingerprint density at radius 3 is 1.96 bits per heavy atom. The fourth-order valence-electron chi connectivity index (χ4n) is 2.87. The predicted octanol–water partition coefficient (Wildman–Crippen LogP) is 2.80. The lowest BCUT2D eigenvalue weighted by atomic mass is 10.2. The van der Waals surface area contributed by atoms with Crippen molar-refractivity contribution in [3.05, 3.63) is 34.9 Å². The van der Waals surface area contributed by atoms with Crippen molar-refractivity contribution < 1.29 is 19.1 Å². The highest BCUT2D eigenvalue weighted by atomic mass is 35.5. The molecule has 0 amide bonds. The minimum absolute atomic E-state index is 0.284. The predicted molar refractivity (Wildman–Crippen MR) is 87.1 cm³/mol. The van der Waals surface area contributed by atoms with E-state index in [1.807, 2.05) is 17.0 Å². The van der Waals surface area contributed by atoms with E-state index in [1.165, 1.54) is 0 Å². The Morgan fingerprint density at radius 1 is 1.04 bits per heavy atom. The van der Waals surface area contributed by atoms with Crippen LogP contribution in [0.4, 0.5) is 0 Å². The Kier molecular flexibility index (Phi) is 6.42. The fraction of sp³-hybridized carbons (Fsp3) is 0.529. The first-order valence-electron chi connectivity index (χ1n) is 7.90. The number of carbonyl (C=O) groups is 2. The van der Waals surface area contributed by atoms with Crippen LogP contribution in [0.15, 0.2) is 24.3 Å². The molecule has 1 fully saturated rings. The third-order valence-corrected chi connectivity index (χ3v) is 4.16. The molecule has 1 aliphatic rings. The van der Waals surface area contributed by atoms with Crippen LogP contribution in [0.3, 0.4) is 0 Å². The minimum atomic E-state index is -0.417. The van der Waals surface area contributed by atoms with Gasteiger partial charge in [0.25, 0.3) is 0 Å². The number of ether oxygens (including phenoxy) is 2. The lowest BCUT2D eigenvalue weighted by Crippen LogP contribution is -2.44. The number of carbonyl (C=O) groups excluding carboxylic acids is 2. The average molecular weight is 340 g/mol. The Labute approximate surface area is 141 Å². The highest BCUT2D eigenvalue weighted by Gasteiger charge is 2.42. The van der Waals surface area contributed by atoms with Crippen molar-refractivity contribution in [2.45, 2.75) is 45.3 Å². The van der Waals surface area contributed by atoms with Gasteiger partial charge in [-0.25, -0.2) is 0 Å². The summed E-state index contributed by atoms with van der Waals surface area (Å²) < 4.78 is 10.3. The average Bonchev–Trinajstić information content (AvgIpc) is 2.94. The third kappa shape index (κ3) is 4.45. The van der Waals surface area contributed by atoms with Crippen molar-refractivity contribution in [2.24, 2.45) is 0 Å². The zero-order chi connectivity index (χ0) is 16.8. The Bertz CT molecular complexity index is 520. The molecule has 6 heteroatoms. The highest BCUT2D eigenvalue weighted by molar-refractivity contribution is 6.30. The van der Waals surface area contributed by atoms with Gasteiger partial charge in [0.2, 0.25) is 0 Å². The van der Waals surface area contributed by atoms with Gasteiger partial charge in [-0.3, -0.25) is 14.5 Å². The van der Waals surface area contributed by atoms with Crippen LogP contribution in [0, 0.1) is 0 Å². The Morgan fingerprint density at radius 2 is 1.52 bits per heavy atom. The van der Waals surface area contributed by atoms with E-state index >= 15 is 0 Å². The number of halogens is 1. The standard InChI is InChI=1S/C17H22ClNO4/c1-3-22-16(20)14-9-10-15(17(21)23-4-2)19(14)11-12-5-7-13(18)8-6-12/h5-8,14-15H,3-4,9-11H2,1-2H3/t14-,15-/m0/s1. The molecule has 1 aromatic carbocycles. The number of nitrogens with zero attached hydrogens (tertiary/aromatic N) is 1. The van der Waals surface area contributed by atoms with Crippen molar-refractivity contribution >= 4 is 23.5 Å². The second-order valence-electron chi connectivity index (χ2n) is 5.41. The molecule has 0 spiro atoms. The molecule has 0 radical (unpaired) electrons. The number of hydrogen-bond acceptors (Lipinski definition) is 5. The van der Waals surface area contributed by atoms with Gasteiger partial charge in [-0.15, -0.1) is 0 Å². The molecule has 0 bridgehead atoms. The molecule has 1 aromatic rings. The SMILES string of the molecule is CCOC(=O)[C@@H]1CC[C@@H](C(=O)OCC)N1Cc1ccc(Cl)cc1. The van der Waals surface area contributed by atoms with E-state index in [0.29, 0.717) is 37.6 Å². The maximum Gasteiger partial charge on any atom is 0.323 e. The van der Waals surface area contributed by atoms with Gasteiger partial charge in [0, 0.05) is 11.6 Å². The van der Waals surface area contributed by atoms with Gasteiger partial charge >= 0.3 is 11.9 Å². The van der Waals surface area contributed by atoms with Crippen LogP contribution in [0.1, 0.15) is 32.3 Å². The van der Waals surface area contributed by atoms with Crippen molar-refractivity contribution in [3.8, 4) is 0 Å². The van der Waals surface area contributed by atoms with Gasteiger partial charge in [-0.1, -0.05) is 23.7 Å². The highest BCUT2D eigenvalue weighted by Crippen LogP contribution is 2.28. The lowest BCUT2D eigenvalue weighted by Gasteiger charge is -2.27. The van der Waals surface area contributed by atoms with E-state index in [4.69, 9.17) is 21.1 Å². The molecular weight excluding hydrogens is 318 g/mol. The topological polar surface area (TPSA) is 55.8 Å². The van der Waals surface area contributed by atoms with Gasteiger partial charge in [0.1, 0.15) is 12.1 Å². The van der Waals surface area contributed by atoms with Gasteiger partial charge in [-0.05, 0) is 44.4 Å². The van der Waals surface area contributed by atoms with Gasteiger partial charge in [0.15, 0.2) is 0 Å². The van der Waals surface area contributed by atoms with E-state index in [-0.39, 0.29) is 11.9 Å². The Balaban J connectivity index is 2.18. The zero-order valence-corrected chi connectivity index (χ0v) is 14.2. The van der Waals surface area contributed by atoms with Gasteiger partial charge < -0.3 is 9.47 Å². The molecule has 0 aromatic heterocycles. The summed E-state index contributed by atoms with van der Waals surface area (Å²) in [6.45, 7) is 4.69. The van der Waals surface area contributed by atoms with Crippen LogP contribution < -0.4 is 0 Å². The first-order valence-corrected chi connectivity index (χ1v) is 8.28. The number of benzene rings is 1. The largest absolute Gasteiger partial charge is 0.465 e. The van der Waals surface area contributed by atoms with Crippen LogP contribution >= 0.6 is 11.6 Å². The summed E-state index contributed by atoms with van der Waals surface area (Å²) in [5, 5.41) is 0.652. The minimum Gasteiger partial charge on any atom is -0.465 e. The maximum absolute atomic E-state index is 12.2. The number of esters is 2. The molecule has 0 saturated carbocycles. The summed E-state index contributed by atoms with van der Waals surface area (Å²) in [5.41, 5.74) is 0.986. The molecule has 2 rings (SSSR count). The normalized spacial score (nSPS) is 21.2. The number of hydrogen-bond donors (Lipinski definition) is 0. The molecular formula is C17H22ClNO4. The van der Waals surface area contributed by atoms with Gasteiger partial charge in [0.05, 0.1) is 13.2 Å². The Hall–Kier alpha value is -1.59. The first kappa shape index (κ1) is 17.8. The van der Waals surface area contributed by atoms with E-state index < -0.39 is 12.1 Å². The molecule has 0 unspecified atom stereocenters. The second kappa shape index (κ2) is 8.31. The molecule has 1 aliphatic heterocycles. The zero-order valence-electron chi connectivity index (χ0n) is 13.5. The summed E-state index contributed by atoms with van der Waals surface area (Å²) in [4.78, 5) is 26.3. The fourth-order valence-corrected chi connectivity index (χ4v) is 2.99. The van der Waals surface area contributed by atoms with Crippen molar-refractivity contribution in [3.63, 3.8) is 0 Å². The van der Waals surface area contributed by atoms with Gasteiger partial charge in [-0.2, -0.15) is 0 Å². The summed E-state index contributed by atoms with van der Waals surface area (Å²) in [5.74, 6) is -0.568. The van der Waals surface area contributed by atoms with Crippen LogP contribution in [0.25, 0.3) is 0 Å². The molecule has 5 nitrogen and oxygen atoms in total. The molecule has 0 aliphatic carbocycles. The lowest BCUT2D eigenvalue weighted by molar-refractivity contribution is -0.153. The van der Waals surface area contributed by atoms with E-state index in [1.54, 1.807) is 26.0 Å². The smallest absolute Gasteiger partial charge is 0.323 e. The maximum atomic E-state index is 12.2. The summed E-state index contributed by atoms with van der Waals surface area (Å²) >= 11 is 5.91. The van der Waals surface area contributed by atoms with Crippen molar-refractivity contribution in [1.82, 2.24) is 4.90 Å². The molecule has 23 heavy (non-hydrogen) atoms. The first-order chi connectivity index (χ1) is 11.1. The summed E-state index contributed by atoms with van der Waals surface area (Å²) in [6.07, 6.45) is 1.19. The molecule has 126 valence electrons. The quantitative estimate of drug-likeness (QED) is 0.746. The van der Waals surface area contributed by atoms with Crippen LogP contribution in [-0.4, -0.2) is 42.1 Å². The summed E-state index contributed by atoms with van der Waals surface area (Å²) in [6, 6.07) is 6.55. The van der Waals surface area contributed by atoms with E-state index in [2.05, 4.69) is 0 Å². The van der Waals surface area contributed by atoms with E-state index in [0.717, 1.165) is 5.56 Å². The number of rotatable bonds is 6. The van der Waals surface area contributed by atoms with Crippen molar-refractivity contribution in [2.75, 3.05) is 13.2 Å². The van der Waals surface area contributed by atoms with Crippen LogP contribution in [-0.2, 0) is 25.6 Å². The van der Waals surface area contributed by atoms with E-state index in [9.17, 15) is 9.59 Å². The molecule has 1 saturated heterocycles. The third-order valence-electron chi connectivity index (χ3n) is 3.91. The second-order valence-corrected chi connectivity index (χ2v) is 5.85. The summed E-state index contributed by atoms with van der Waals surface area (Å²) in [7, 11) is 0.